The van der Waals surface area contributed by atoms with Crippen LogP contribution >= 0.6 is 0 Å². The first-order valence-corrected chi connectivity index (χ1v) is 11.3. The van der Waals surface area contributed by atoms with Gasteiger partial charge in [0.2, 0.25) is 5.91 Å². The summed E-state index contributed by atoms with van der Waals surface area (Å²) in [6.45, 7) is 10.5. The Morgan fingerprint density at radius 3 is 2.59 bits per heavy atom. The number of nitrogens with zero attached hydrogens (tertiary/aromatic N) is 4. The fourth-order valence-electron chi connectivity index (χ4n) is 4.61. The molecular formula is C22H34N6O. The van der Waals surface area contributed by atoms with Crippen LogP contribution in [0.2, 0.25) is 0 Å². The number of anilines is 1. The molecule has 1 amide bonds. The van der Waals surface area contributed by atoms with Gasteiger partial charge in [-0.05, 0) is 50.6 Å². The van der Waals surface area contributed by atoms with Gasteiger partial charge in [-0.3, -0.25) is 9.89 Å². The number of nitrogens with one attached hydrogen (secondary N) is 2. The predicted molar refractivity (Wildman–Crippen MR) is 116 cm³/mol. The molecule has 7 nitrogen and oxygen atoms in total. The molecule has 2 N–H and O–H groups in total. The van der Waals surface area contributed by atoms with E-state index < -0.39 is 0 Å². The average Bonchev–Trinajstić information content (AvgIpc) is 3.36. The van der Waals surface area contributed by atoms with Gasteiger partial charge in [-0.15, -0.1) is 0 Å². The monoisotopic (exact) mass is 398 g/mol. The molecule has 0 bridgehead atoms. The number of fused-ring (bicyclic) bond motifs is 1. The molecule has 2 saturated heterocycles. The molecule has 1 atom stereocenters. The van der Waals surface area contributed by atoms with Crippen LogP contribution in [0.25, 0.3) is 11.0 Å². The fourth-order valence-corrected chi connectivity index (χ4v) is 4.61. The summed E-state index contributed by atoms with van der Waals surface area (Å²) in [7, 11) is 0. The molecule has 4 heterocycles. The van der Waals surface area contributed by atoms with E-state index in [1.165, 1.54) is 30.5 Å². The lowest BCUT2D eigenvalue weighted by Gasteiger charge is -2.37. The van der Waals surface area contributed by atoms with Crippen molar-refractivity contribution in [3.05, 3.63) is 17.5 Å². The van der Waals surface area contributed by atoms with E-state index in [-0.39, 0.29) is 0 Å². The van der Waals surface area contributed by atoms with Gasteiger partial charge in [0.25, 0.3) is 0 Å². The SMILES string of the molecule is CC.Cc1[nH]nc2ncc(C3CC3)c(N3CCN(C(=O)C[C@H]4CCCN4)CC3)c12. The molecule has 0 spiro atoms. The lowest BCUT2D eigenvalue weighted by Crippen LogP contribution is -2.50. The number of hydrogen-bond donors (Lipinski definition) is 2. The Balaban J connectivity index is 0.000000994. The maximum Gasteiger partial charge on any atom is 0.224 e. The number of piperazine rings is 1. The van der Waals surface area contributed by atoms with E-state index >= 15 is 0 Å². The van der Waals surface area contributed by atoms with Gasteiger partial charge in [0, 0.05) is 50.5 Å². The van der Waals surface area contributed by atoms with Gasteiger partial charge in [0.05, 0.1) is 11.1 Å². The van der Waals surface area contributed by atoms with Gasteiger partial charge in [-0.1, -0.05) is 13.8 Å². The molecule has 0 aromatic carbocycles. The third-order valence-corrected chi connectivity index (χ3v) is 6.31. The maximum absolute atomic E-state index is 12.6. The highest BCUT2D eigenvalue weighted by atomic mass is 16.2. The second-order valence-corrected chi connectivity index (χ2v) is 8.25. The normalized spacial score (nSPS) is 22.0. The first-order valence-electron chi connectivity index (χ1n) is 11.3. The molecule has 1 aliphatic carbocycles. The second-order valence-electron chi connectivity index (χ2n) is 8.25. The van der Waals surface area contributed by atoms with Crippen molar-refractivity contribution in [3.63, 3.8) is 0 Å². The molecule has 158 valence electrons. The van der Waals surface area contributed by atoms with Gasteiger partial charge >= 0.3 is 0 Å². The zero-order valence-corrected chi connectivity index (χ0v) is 18.0. The summed E-state index contributed by atoms with van der Waals surface area (Å²) >= 11 is 0. The van der Waals surface area contributed by atoms with Gasteiger partial charge in [-0.2, -0.15) is 5.10 Å². The minimum atomic E-state index is 0.302. The number of aryl methyl sites for hydroxylation is 1. The van der Waals surface area contributed by atoms with E-state index in [0.29, 0.717) is 24.3 Å². The highest BCUT2D eigenvalue weighted by Crippen LogP contribution is 2.46. The molecule has 0 radical (unpaired) electrons. The summed E-state index contributed by atoms with van der Waals surface area (Å²) in [5.41, 5.74) is 4.55. The number of amides is 1. The predicted octanol–water partition coefficient (Wildman–Crippen LogP) is 2.96. The number of hydrogen-bond acceptors (Lipinski definition) is 5. The Kier molecular flexibility index (Phi) is 6.04. The summed E-state index contributed by atoms with van der Waals surface area (Å²) in [5.74, 6) is 0.940. The van der Waals surface area contributed by atoms with E-state index in [0.717, 1.165) is 55.9 Å². The number of rotatable bonds is 4. The van der Waals surface area contributed by atoms with Crippen molar-refractivity contribution in [3.8, 4) is 0 Å². The topological polar surface area (TPSA) is 77.2 Å². The number of aromatic amines is 1. The summed E-state index contributed by atoms with van der Waals surface area (Å²) in [6.07, 6.45) is 7.50. The Morgan fingerprint density at radius 2 is 1.93 bits per heavy atom. The van der Waals surface area contributed by atoms with Crippen molar-refractivity contribution >= 4 is 22.6 Å². The molecule has 5 rings (SSSR count). The van der Waals surface area contributed by atoms with Crippen LogP contribution in [0.15, 0.2) is 6.20 Å². The minimum absolute atomic E-state index is 0.302. The zero-order chi connectivity index (χ0) is 20.4. The van der Waals surface area contributed by atoms with Crippen LogP contribution in [0, 0.1) is 6.92 Å². The van der Waals surface area contributed by atoms with Gasteiger partial charge in [-0.25, -0.2) is 4.98 Å². The smallest absolute Gasteiger partial charge is 0.224 e. The van der Waals surface area contributed by atoms with Crippen molar-refractivity contribution in [2.75, 3.05) is 37.6 Å². The molecular weight excluding hydrogens is 364 g/mol. The Bertz CT molecular complexity index is 844. The molecule has 2 aromatic rings. The first kappa shape index (κ1) is 20.1. The molecule has 3 fully saturated rings. The van der Waals surface area contributed by atoms with Crippen LogP contribution in [0.1, 0.15) is 63.1 Å². The van der Waals surface area contributed by atoms with E-state index in [1.54, 1.807) is 0 Å². The third-order valence-electron chi connectivity index (χ3n) is 6.31. The Labute approximate surface area is 173 Å². The van der Waals surface area contributed by atoms with Crippen LogP contribution in [-0.2, 0) is 4.79 Å². The first-order chi connectivity index (χ1) is 14.2. The van der Waals surface area contributed by atoms with Crippen LogP contribution < -0.4 is 10.2 Å². The number of carbonyl (C=O) groups is 1. The molecule has 2 aliphatic heterocycles. The molecule has 29 heavy (non-hydrogen) atoms. The molecule has 1 saturated carbocycles. The quantitative estimate of drug-likeness (QED) is 0.828. The van der Waals surface area contributed by atoms with Crippen molar-refractivity contribution in [2.24, 2.45) is 0 Å². The van der Waals surface area contributed by atoms with E-state index in [4.69, 9.17) is 0 Å². The van der Waals surface area contributed by atoms with Crippen molar-refractivity contribution < 1.29 is 4.79 Å². The number of pyridine rings is 1. The van der Waals surface area contributed by atoms with Crippen molar-refractivity contribution in [1.82, 2.24) is 25.4 Å². The van der Waals surface area contributed by atoms with Crippen LogP contribution in [0.3, 0.4) is 0 Å². The van der Waals surface area contributed by atoms with Crippen LogP contribution in [-0.4, -0.2) is 64.8 Å². The highest BCUT2D eigenvalue weighted by Gasteiger charge is 2.32. The Hall–Kier alpha value is -2.15. The summed E-state index contributed by atoms with van der Waals surface area (Å²) in [4.78, 5) is 21.7. The Morgan fingerprint density at radius 1 is 1.17 bits per heavy atom. The molecule has 3 aliphatic rings. The third kappa shape index (κ3) is 4.10. The molecule has 2 aromatic heterocycles. The van der Waals surface area contributed by atoms with Gasteiger partial charge in [0.1, 0.15) is 0 Å². The zero-order valence-electron chi connectivity index (χ0n) is 18.0. The van der Waals surface area contributed by atoms with E-state index in [1.807, 2.05) is 24.9 Å². The highest BCUT2D eigenvalue weighted by molar-refractivity contribution is 5.94. The van der Waals surface area contributed by atoms with E-state index in [9.17, 15) is 4.79 Å². The number of carbonyl (C=O) groups excluding carboxylic acids is 1. The van der Waals surface area contributed by atoms with Crippen molar-refractivity contribution in [2.45, 2.75) is 64.8 Å². The fraction of sp³-hybridized carbons (Fsp3) is 0.682. The molecule has 0 unspecified atom stereocenters. The van der Waals surface area contributed by atoms with Crippen molar-refractivity contribution in [1.29, 1.82) is 0 Å². The lowest BCUT2D eigenvalue weighted by atomic mass is 10.0. The van der Waals surface area contributed by atoms with Crippen LogP contribution in [0.5, 0.6) is 0 Å². The van der Waals surface area contributed by atoms with Crippen LogP contribution in [0.4, 0.5) is 5.69 Å². The largest absolute Gasteiger partial charge is 0.367 e. The molecule has 7 heteroatoms. The van der Waals surface area contributed by atoms with Gasteiger partial charge in [0.15, 0.2) is 5.65 Å². The number of aromatic nitrogens is 3. The summed E-state index contributed by atoms with van der Waals surface area (Å²) in [5, 5.41) is 12.1. The summed E-state index contributed by atoms with van der Waals surface area (Å²) in [6, 6.07) is 0.380. The number of H-pyrrole nitrogens is 1. The minimum Gasteiger partial charge on any atom is -0.367 e. The maximum atomic E-state index is 12.6. The van der Waals surface area contributed by atoms with Gasteiger partial charge < -0.3 is 15.1 Å². The second kappa shape index (κ2) is 8.69. The summed E-state index contributed by atoms with van der Waals surface area (Å²) < 4.78 is 0. The standard InChI is InChI=1S/C20H28N6O.C2H6/c1-13-18-19(16(14-4-5-14)12-22-20(18)24-23-13)26-9-7-25(8-10-26)17(27)11-15-3-2-6-21-15;1-2/h12,14-15,21H,2-11H2,1H3,(H,22,23,24);1-2H3/t15-;/m1./s1. The van der Waals surface area contributed by atoms with E-state index in [2.05, 4.69) is 32.3 Å². The average molecular weight is 399 g/mol. The lowest BCUT2D eigenvalue weighted by molar-refractivity contribution is -0.131.